The SMILES string of the molecule is COC(=O)c1ccc(NC(=O)c2cc3c(C)nn(-c4ccccc4)c3s2)cn1. The van der Waals surface area contributed by atoms with E-state index in [0.717, 1.165) is 21.6 Å². The summed E-state index contributed by atoms with van der Waals surface area (Å²) in [6, 6.07) is 14.7. The second kappa shape index (κ2) is 7.24. The lowest BCUT2D eigenvalue weighted by molar-refractivity contribution is 0.0594. The number of nitrogens with zero attached hydrogens (tertiary/aromatic N) is 3. The molecule has 3 heterocycles. The van der Waals surface area contributed by atoms with E-state index in [0.29, 0.717) is 10.6 Å². The molecule has 0 saturated carbocycles. The number of nitrogens with one attached hydrogen (secondary N) is 1. The van der Waals surface area contributed by atoms with E-state index in [1.807, 2.05) is 48.0 Å². The van der Waals surface area contributed by atoms with Crippen LogP contribution >= 0.6 is 11.3 Å². The number of benzene rings is 1. The predicted molar refractivity (Wildman–Crippen MR) is 107 cm³/mol. The normalized spacial score (nSPS) is 10.8. The molecule has 0 aliphatic carbocycles. The second-order valence-electron chi connectivity index (χ2n) is 6.04. The molecule has 0 radical (unpaired) electrons. The zero-order chi connectivity index (χ0) is 19.7. The maximum Gasteiger partial charge on any atom is 0.356 e. The van der Waals surface area contributed by atoms with Crippen LogP contribution in [0.3, 0.4) is 0 Å². The summed E-state index contributed by atoms with van der Waals surface area (Å²) in [6.07, 6.45) is 1.43. The first-order valence-electron chi connectivity index (χ1n) is 8.47. The van der Waals surface area contributed by atoms with Gasteiger partial charge in [-0.25, -0.2) is 14.5 Å². The van der Waals surface area contributed by atoms with Gasteiger partial charge in [0.25, 0.3) is 5.91 Å². The molecule has 0 aliphatic rings. The van der Waals surface area contributed by atoms with Crippen LogP contribution in [0.1, 0.15) is 25.9 Å². The van der Waals surface area contributed by atoms with Crippen LogP contribution in [-0.2, 0) is 4.74 Å². The van der Waals surface area contributed by atoms with Crippen molar-refractivity contribution in [3.05, 3.63) is 71.0 Å². The van der Waals surface area contributed by atoms with Crippen molar-refractivity contribution in [2.24, 2.45) is 0 Å². The first-order chi connectivity index (χ1) is 13.6. The van der Waals surface area contributed by atoms with Gasteiger partial charge in [-0.2, -0.15) is 5.10 Å². The number of thiophene rings is 1. The number of pyridine rings is 1. The third-order valence-electron chi connectivity index (χ3n) is 4.19. The number of carbonyl (C=O) groups excluding carboxylic acids is 2. The first-order valence-corrected chi connectivity index (χ1v) is 9.29. The van der Waals surface area contributed by atoms with E-state index in [4.69, 9.17) is 0 Å². The van der Waals surface area contributed by atoms with E-state index in [2.05, 4.69) is 20.1 Å². The number of ether oxygens (including phenoxy) is 1. The lowest BCUT2D eigenvalue weighted by Gasteiger charge is -2.04. The Morgan fingerprint density at radius 3 is 2.61 bits per heavy atom. The van der Waals surface area contributed by atoms with Gasteiger partial charge in [-0.3, -0.25) is 4.79 Å². The Bertz CT molecular complexity index is 1160. The van der Waals surface area contributed by atoms with Gasteiger partial charge in [-0.15, -0.1) is 11.3 Å². The monoisotopic (exact) mass is 392 g/mol. The van der Waals surface area contributed by atoms with Crippen LogP contribution in [0.25, 0.3) is 15.9 Å². The zero-order valence-corrected chi connectivity index (χ0v) is 16.0. The molecular formula is C20H16N4O3S. The summed E-state index contributed by atoms with van der Waals surface area (Å²) in [5.74, 6) is -0.767. The number of rotatable bonds is 4. The molecular weight excluding hydrogens is 376 g/mol. The molecule has 0 unspecified atom stereocenters. The van der Waals surface area contributed by atoms with Gasteiger partial charge in [0, 0.05) is 5.39 Å². The number of aromatic nitrogens is 3. The van der Waals surface area contributed by atoms with E-state index in [1.54, 1.807) is 6.07 Å². The van der Waals surface area contributed by atoms with Crippen molar-refractivity contribution in [3.8, 4) is 5.69 Å². The van der Waals surface area contributed by atoms with Gasteiger partial charge < -0.3 is 10.1 Å². The van der Waals surface area contributed by atoms with Gasteiger partial charge in [-0.1, -0.05) is 18.2 Å². The van der Waals surface area contributed by atoms with Crippen molar-refractivity contribution in [1.82, 2.24) is 14.8 Å². The fourth-order valence-electron chi connectivity index (χ4n) is 2.79. The summed E-state index contributed by atoms with van der Waals surface area (Å²) in [6.45, 7) is 1.92. The number of fused-ring (bicyclic) bond motifs is 1. The topological polar surface area (TPSA) is 86.1 Å². The van der Waals surface area contributed by atoms with Gasteiger partial charge >= 0.3 is 5.97 Å². The smallest absolute Gasteiger partial charge is 0.356 e. The molecule has 0 spiro atoms. The van der Waals surface area contributed by atoms with Gasteiger partial charge in [-0.05, 0) is 37.3 Å². The highest BCUT2D eigenvalue weighted by molar-refractivity contribution is 7.20. The molecule has 3 aromatic heterocycles. The first kappa shape index (κ1) is 17.9. The summed E-state index contributed by atoms with van der Waals surface area (Å²) in [7, 11) is 1.29. The molecule has 4 aromatic rings. The number of para-hydroxylation sites is 1. The minimum absolute atomic E-state index is 0.181. The molecule has 1 N–H and O–H groups in total. The number of hydrogen-bond donors (Lipinski definition) is 1. The Kier molecular flexibility index (Phi) is 4.62. The summed E-state index contributed by atoms with van der Waals surface area (Å²) in [5, 5.41) is 8.32. The fraction of sp³-hybridized carbons (Fsp3) is 0.100. The van der Waals surface area contributed by atoms with Crippen molar-refractivity contribution < 1.29 is 14.3 Å². The van der Waals surface area contributed by atoms with Gasteiger partial charge in [0.15, 0.2) is 0 Å². The molecule has 0 fully saturated rings. The number of anilines is 1. The van der Waals surface area contributed by atoms with Crippen LogP contribution in [0.4, 0.5) is 5.69 Å². The van der Waals surface area contributed by atoms with E-state index in [-0.39, 0.29) is 11.6 Å². The predicted octanol–water partition coefficient (Wildman–Crippen LogP) is 3.83. The molecule has 7 nitrogen and oxygen atoms in total. The van der Waals surface area contributed by atoms with Crippen molar-refractivity contribution in [3.63, 3.8) is 0 Å². The lowest BCUT2D eigenvalue weighted by atomic mass is 10.3. The highest BCUT2D eigenvalue weighted by Crippen LogP contribution is 2.30. The Hall–Kier alpha value is -3.52. The molecule has 4 rings (SSSR count). The number of hydrogen-bond acceptors (Lipinski definition) is 6. The van der Waals surface area contributed by atoms with E-state index in [9.17, 15) is 9.59 Å². The second-order valence-corrected chi connectivity index (χ2v) is 7.07. The molecule has 8 heteroatoms. The minimum atomic E-state index is -0.525. The molecule has 0 atom stereocenters. The van der Waals surface area contributed by atoms with Crippen molar-refractivity contribution in [2.45, 2.75) is 6.92 Å². The fourth-order valence-corrected chi connectivity index (χ4v) is 3.87. The summed E-state index contributed by atoms with van der Waals surface area (Å²) < 4.78 is 6.46. The number of esters is 1. The van der Waals surface area contributed by atoms with Crippen LogP contribution in [0.15, 0.2) is 54.7 Å². The quantitative estimate of drug-likeness (QED) is 0.534. The average molecular weight is 392 g/mol. The average Bonchev–Trinajstić information content (AvgIpc) is 3.29. The Morgan fingerprint density at radius 2 is 1.93 bits per heavy atom. The molecule has 0 aliphatic heterocycles. The van der Waals surface area contributed by atoms with Crippen LogP contribution in [0, 0.1) is 6.92 Å². The van der Waals surface area contributed by atoms with Crippen LogP contribution in [0.2, 0.25) is 0 Å². The Morgan fingerprint density at radius 1 is 1.14 bits per heavy atom. The van der Waals surface area contributed by atoms with Crippen LogP contribution in [-0.4, -0.2) is 33.8 Å². The summed E-state index contributed by atoms with van der Waals surface area (Å²) >= 11 is 1.37. The summed E-state index contributed by atoms with van der Waals surface area (Å²) in [5.41, 5.74) is 2.48. The van der Waals surface area contributed by atoms with Gasteiger partial charge in [0.2, 0.25) is 0 Å². The third-order valence-corrected chi connectivity index (χ3v) is 5.29. The molecule has 28 heavy (non-hydrogen) atoms. The molecule has 140 valence electrons. The molecule has 1 aromatic carbocycles. The largest absolute Gasteiger partial charge is 0.464 e. The van der Waals surface area contributed by atoms with Crippen molar-refractivity contribution >= 4 is 39.1 Å². The minimum Gasteiger partial charge on any atom is -0.464 e. The van der Waals surface area contributed by atoms with Gasteiger partial charge in [0.05, 0.1) is 35.3 Å². The standard InChI is InChI=1S/C20H16N4O3S/c1-12-15-10-17(28-19(15)24(23-12)14-6-4-3-5-7-14)18(25)22-13-8-9-16(21-11-13)20(26)27-2/h3-11H,1-2H3,(H,22,25). The number of aryl methyl sites for hydroxylation is 1. The number of carbonyl (C=O) groups is 2. The van der Waals surface area contributed by atoms with Gasteiger partial charge in [0.1, 0.15) is 10.5 Å². The van der Waals surface area contributed by atoms with E-state index < -0.39 is 5.97 Å². The third kappa shape index (κ3) is 3.25. The van der Waals surface area contributed by atoms with Crippen molar-refractivity contribution in [1.29, 1.82) is 0 Å². The highest BCUT2D eigenvalue weighted by atomic mass is 32.1. The molecule has 0 saturated heterocycles. The maximum atomic E-state index is 12.7. The Balaban J connectivity index is 1.61. The molecule has 1 amide bonds. The Labute approximate surface area is 164 Å². The lowest BCUT2D eigenvalue weighted by Crippen LogP contribution is -2.11. The van der Waals surface area contributed by atoms with Crippen molar-refractivity contribution in [2.75, 3.05) is 12.4 Å². The van der Waals surface area contributed by atoms with E-state index >= 15 is 0 Å². The zero-order valence-electron chi connectivity index (χ0n) is 15.2. The number of amides is 1. The maximum absolute atomic E-state index is 12.7. The highest BCUT2D eigenvalue weighted by Gasteiger charge is 2.17. The van der Waals surface area contributed by atoms with E-state index in [1.165, 1.54) is 30.7 Å². The summed E-state index contributed by atoms with van der Waals surface area (Å²) in [4.78, 5) is 29.6. The van der Waals surface area contributed by atoms with Crippen LogP contribution in [0.5, 0.6) is 0 Å². The molecule has 0 bridgehead atoms. The number of methoxy groups -OCH3 is 1. The van der Waals surface area contributed by atoms with Crippen LogP contribution < -0.4 is 5.32 Å².